The fraction of sp³-hybridized carbons (Fsp3) is 0.167. The first-order valence-corrected chi connectivity index (χ1v) is 7.73. The van der Waals surface area contributed by atoms with Crippen molar-refractivity contribution in [3.05, 3.63) is 65.3 Å². The number of carbonyl (C=O) groups is 1. The molecule has 118 valence electrons. The van der Waals surface area contributed by atoms with Crippen LogP contribution in [-0.2, 0) is 0 Å². The molecular formula is C18H17ClN2O2. The Morgan fingerprint density at radius 2 is 2.00 bits per heavy atom. The first kappa shape index (κ1) is 15.4. The molecule has 0 spiro atoms. The number of aromatic amines is 1. The van der Waals surface area contributed by atoms with E-state index in [1.54, 1.807) is 24.1 Å². The Bertz CT molecular complexity index is 796. The monoisotopic (exact) mass is 328 g/mol. The van der Waals surface area contributed by atoms with E-state index >= 15 is 0 Å². The maximum Gasteiger partial charge on any atom is 0.270 e. The summed E-state index contributed by atoms with van der Waals surface area (Å²) in [6.45, 7) is 0.892. The quantitative estimate of drug-likeness (QED) is 0.770. The van der Waals surface area contributed by atoms with Crippen molar-refractivity contribution in [1.82, 2.24) is 9.88 Å². The molecule has 4 nitrogen and oxygen atoms in total. The van der Waals surface area contributed by atoms with Gasteiger partial charge in [0.2, 0.25) is 0 Å². The zero-order chi connectivity index (χ0) is 16.2. The van der Waals surface area contributed by atoms with Crippen LogP contribution in [0.3, 0.4) is 0 Å². The lowest BCUT2D eigenvalue weighted by Gasteiger charge is -2.16. The molecular weight excluding hydrogens is 312 g/mol. The van der Waals surface area contributed by atoms with Gasteiger partial charge in [-0.05, 0) is 30.3 Å². The van der Waals surface area contributed by atoms with Gasteiger partial charge in [-0.3, -0.25) is 4.79 Å². The number of hydrogen-bond acceptors (Lipinski definition) is 2. The summed E-state index contributed by atoms with van der Waals surface area (Å²) in [6.07, 6.45) is 0. The lowest BCUT2D eigenvalue weighted by Crippen LogP contribution is -2.31. The molecule has 0 aliphatic heterocycles. The molecule has 0 unspecified atom stereocenters. The molecule has 0 saturated heterocycles. The number of amides is 1. The third-order valence-corrected chi connectivity index (χ3v) is 3.83. The van der Waals surface area contributed by atoms with Crippen molar-refractivity contribution in [1.29, 1.82) is 0 Å². The van der Waals surface area contributed by atoms with Crippen LogP contribution in [0, 0.1) is 0 Å². The van der Waals surface area contributed by atoms with E-state index in [-0.39, 0.29) is 5.91 Å². The predicted octanol–water partition coefficient (Wildman–Crippen LogP) is 3.97. The fourth-order valence-corrected chi connectivity index (χ4v) is 2.53. The molecule has 2 aromatic carbocycles. The summed E-state index contributed by atoms with van der Waals surface area (Å²) >= 11 is 5.91. The number of para-hydroxylation sites is 1. The minimum Gasteiger partial charge on any atom is -0.492 e. The van der Waals surface area contributed by atoms with Gasteiger partial charge < -0.3 is 14.6 Å². The van der Waals surface area contributed by atoms with Crippen LogP contribution < -0.4 is 4.74 Å². The van der Waals surface area contributed by atoms with Crippen LogP contribution in [-0.4, -0.2) is 36.0 Å². The highest BCUT2D eigenvalue weighted by Crippen LogP contribution is 2.17. The Kier molecular flexibility index (Phi) is 4.53. The Balaban J connectivity index is 1.59. The molecule has 3 aromatic rings. The number of nitrogens with one attached hydrogen (secondary N) is 1. The van der Waals surface area contributed by atoms with Gasteiger partial charge >= 0.3 is 0 Å². The maximum atomic E-state index is 12.4. The molecule has 1 aromatic heterocycles. The van der Waals surface area contributed by atoms with Gasteiger partial charge in [-0.1, -0.05) is 35.9 Å². The standard InChI is InChI=1S/C18H17ClN2O2/c1-21(9-10-23-15-7-4-6-14(19)12-15)18(22)17-11-13-5-2-3-8-16(13)20-17/h2-8,11-12,20H,9-10H2,1H3. The molecule has 1 amide bonds. The largest absolute Gasteiger partial charge is 0.492 e. The molecule has 0 aliphatic carbocycles. The van der Waals surface area contributed by atoms with E-state index in [1.807, 2.05) is 42.5 Å². The lowest BCUT2D eigenvalue weighted by molar-refractivity contribution is 0.0769. The lowest BCUT2D eigenvalue weighted by atomic mass is 10.2. The second kappa shape index (κ2) is 6.75. The summed E-state index contributed by atoms with van der Waals surface area (Å²) in [5, 5.41) is 1.66. The number of hydrogen-bond donors (Lipinski definition) is 1. The number of fused-ring (bicyclic) bond motifs is 1. The number of carbonyl (C=O) groups excluding carboxylic acids is 1. The third kappa shape index (κ3) is 3.66. The highest BCUT2D eigenvalue weighted by atomic mass is 35.5. The normalized spacial score (nSPS) is 10.7. The predicted molar refractivity (Wildman–Crippen MR) is 92.2 cm³/mol. The summed E-state index contributed by atoms with van der Waals surface area (Å²) in [5.74, 6) is 0.639. The Labute approximate surface area is 139 Å². The van der Waals surface area contributed by atoms with E-state index in [0.29, 0.717) is 29.6 Å². The van der Waals surface area contributed by atoms with Gasteiger partial charge in [-0.25, -0.2) is 0 Å². The number of H-pyrrole nitrogens is 1. The van der Waals surface area contributed by atoms with Crippen molar-refractivity contribution >= 4 is 28.4 Å². The molecule has 1 heterocycles. The van der Waals surface area contributed by atoms with Crippen LogP contribution >= 0.6 is 11.6 Å². The molecule has 5 heteroatoms. The number of halogens is 1. The average molecular weight is 329 g/mol. The SMILES string of the molecule is CN(CCOc1cccc(Cl)c1)C(=O)c1cc2ccccc2[nH]1. The summed E-state index contributed by atoms with van der Waals surface area (Å²) in [4.78, 5) is 17.2. The molecule has 1 N–H and O–H groups in total. The van der Waals surface area contributed by atoms with E-state index in [9.17, 15) is 4.79 Å². The zero-order valence-electron chi connectivity index (χ0n) is 12.8. The van der Waals surface area contributed by atoms with Crippen molar-refractivity contribution < 1.29 is 9.53 Å². The Morgan fingerprint density at radius 3 is 2.78 bits per heavy atom. The van der Waals surface area contributed by atoms with Crippen LogP contribution in [0.2, 0.25) is 5.02 Å². The Morgan fingerprint density at radius 1 is 1.17 bits per heavy atom. The van der Waals surface area contributed by atoms with Gasteiger partial charge in [0.25, 0.3) is 5.91 Å². The topological polar surface area (TPSA) is 45.3 Å². The molecule has 0 bridgehead atoms. The molecule has 0 aliphatic rings. The van der Waals surface area contributed by atoms with Crippen molar-refractivity contribution in [2.45, 2.75) is 0 Å². The van der Waals surface area contributed by atoms with E-state index < -0.39 is 0 Å². The van der Waals surface area contributed by atoms with Crippen LogP contribution in [0.1, 0.15) is 10.5 Å². The molecule has 3 rings (SSSR count). The molecule has 0 radical (unpaired) electrons. The number of ether oxygens (including phenoxy) is 1. The summed E-state index contributed by atoms with van der Waals surface area (Å²) in [5.41, 5.74) is 1.54. The molecule has 0 fully saturated rings. The van der Waals surface area contributed by atoms with E-state index in [1.165, 1.54) is 0 Å². The first-order chi connectivity index (χ1) is 11.1. The smallest absolute Gasteiger partial charge is 0.270 e. The zero-order valence-corrected chi connectivity index (χ0v) is 13.5. The van der Waals surface area contributed by atoms with Gasteiger partial charge in [-0.15, -0.1) is 0 Å². The molecule has 0 atom stereocenters. The van der Waals surface area contributed by atoms with Gasteiger partial charge in [0, 0.05) is 23.0 Å². The molecule has 0 saturated carbocycles. The first-order valence-electron chi connectivity index (χ1n) is 7.35. The van der Waals surface area contributed by atoms with Crippen molar-refractivity contribution in [3.8, 4) is 5.75 Å². The van der Waals surface area contributed by atoms with Gasteiger partial charge in [0.15, 0.2) is 0 Å². The maximum absolute atomic E-state index is 12.4. The van der Waals surface area contributed by atoms with Crippen LogP contribution in [0.15, 0.2) is 54.6 Å². The minimum absolute atomic E-state index is 0.0594. The highest BCUT2D eigenvalue weighted by molar-refractivity contribution is 6.30. The van der Waals surface area contributed by atoms with Crippen molar-refractivity contribution in [3.63, 3.8) is 0 Å². The van der Waals surface area contributed by atoms with Crippen molar-refractivity contribution in [2.24, 2.45) is 0 Å². The summed E-state index contributed by atoms with van der Waals surface area (Å²) in [7, 11) is 1.76. The third-order valence-electron chi connectivity index (χ3n) is 3.60. The number of nitrogens with zero attached hydrogens (tertiary/aromatic N) is 1. The van der Waals surface area contributed by atoms with Crippen LogP contribution in [0.4, 0.5) is 0 Å². The number of rotatable bonds is 5. The van der Waals surface area contributed by atoms with Crippen molar-refractivity contribution in [2.75, 3.05) is 20.2 Å². The number of benzene rings is 2. The Hall–Kier alpha value is -2.46. The summed E-state index contributed by atoms with van der Waals surface area (Å²) < 4.78 is 5.61. The average Bonchev–Trinajstić information content (AvgIpc) is 2.98. The van der Waals surface area contributed by atoms with Gasteiger partial charge in [0.1, 0.15) is 18.1 Å². The van der Waals surface area contributed by atoms with E-state index in [0.717, 1.165) is 10.9 Å². The second-order valence-corrected chi connectivity index (χ2v) is 5.74. The van der Waals surface area contributed by atoms with E-state index in [4.69, 9.17) is 16.3 Å². The van der Waals surface area contributed by atoms with Crippen LogP contribution in [0.5, 0.6) is 5.75 Å². The second-order valence-electron chi connectivity index (χ2n) is 5.30. The molecule has 23 heavy (non-hydrogen) atoms. The summed E-state index contributed by atoms with van der Waals surface area (Å²) in [6, 6.07) is 16.9. The van der Waals surface area contributed by atoms with Gasteiger partial charge in [-0.2, -0.15) is 0 Å². The van der Waals surface area contributed by atoms with Crippen LogP contribution in [0.25, 0.3) is 10.9 Å². The van der Waals surface area contributed by atoms with E-state index in [2.05, 4.69) is 4.98 Å². The van der Waals surface area contributed by atoms with Gasteiger partial charge in [0.05, 0.1) is 6.54 Å². The minimum atomic E-state index is -0.0594. The number of aromatic nitrogens is 1. The number of likely N-dealkylation sites (N-methyl/N-ethyl adjacent to an activating group) is 1. The highest BCUT2D eigenvalue weighted by Gasteiger charge is 2.14. The fourth-order valence-electron chi connectivity index (χ4n) is 2.35.